The largest absolute Gasteiger partial charge is 0.513 e. The third-order valence-electron chi connectivity index (χ3n) is 13.0. The normalized spacial score (nSPS) is 18.6. The van der Waals surface area contributed by atoms with Gasteiger partial charge in [0.2, 0.25) is 11.8 Å². The third-order valence-corrected chi connectivity index (χ3v) is 15.4. The van der Waals surface area contributed by atoms with Crippen molar-refractivity contribution in [2.45, 2.75) is 120 Å². The summed E-state index contributed by atoms with van der Waals surface area (Å²) in [4.78, 5) is 121. The summed E-state index contributed by atoms with van der Waals surface area (Å²) >= 11 is 0. The van der Waals surface area contributed by atoms with Gasteiger partial charge in [-0.05, 0) is 49.6 Å². The molecule has 29 heteroatoms. The van der Waals surface area contributed by atoms with Gasteiger partial charge < -0.3 is 90.4 Å². The van der Waals surface area contributed by atoms with E-state index in [-0.39, 0.29) is 48.8 Å². The number of ketones is 2. The van der Waals surface area contributed by atoms with Crippen LogP contribution in [-0.4, -0.2) is 193 Å². The Morgan fingerprint density at radius 2 is 1.43 bits per heavy atom. The number of nitrogens with one attached hydrogen (secondary N) is 2. The Morgan fingerprint density at radius 3 is 1.99 bits per heavy atom. The quantitative estimate of drug-likeness (QED) is 0.0115. The van der Waals surface area contributed by atoms with Crippen LogP contribution in [0.15, 0.2) is 29.1 Å². The minimum atomic E-state index is -2.45. The summed E-state index contributed by atoms with van der Waals surface area (Å²) < 4.78 is 17.3. The fourth-order valence-electron chi connectivity index (χ4n) is 8.77. The van der Waals surface area contributed by atoms with Crippen molar-refractivity contribution in [3.8, 4) is 17.1 Å². The van der Waals surface area contributed by atoms with E-state index in [0.29, 0.717) is 28.7 Å². The fraction of sp³-hybridized carbons (Fsp3) is 0.542. The number of aromatic nitrogens is 2. The van der Waals surface area contributed by atoms with Gasteiger partial charge in [-0.15, -0.1) is 0 Å². The Balaban J connectivity index is 1.20. The van der Waals surface area contributed by atoms with Crippen molar-refractivity contribution in [2.24, 2.45) is 11.8 Å². The third kappa shape index (κ3) is 14.3. The molecule has 0 unspecified atom stereocenters. The lowest BCUT2D eigenvalue weighted by Gasteiger charge is -2.31. The van der Waals surface area contributed by atoms with Crippen LogP contribution < -0.4 is 20.9 Å². The molecule has 5 rings (SSSR count). The number of aliphatic carboxylic acids is 2. The summed E-state index contributed by atoms with van der Waals surface area (Å²) in [5.74, 6) is -13.6. The molecular formula is C48H60N4O23S2. The van der Waals surface area contributed by atoms with E-state index in [1.54, 1.807) is 25.1 Å². The fourth-order valence-corrected chi connectivity index (χ4v) is 10.8. The number of aryl methyl sites for hydroxylation is 1. The van der Waals surface area contributed by atoms with Crippen molar-refractivity contribution in [3.63, 3.8) is 0 Å². The van der Waals surface area contributed by atoms with Crippen LogP contribution >= 0.6 is 21.6 Å². The van der Waals surface area contributed by atoms with Gasteiger partial charge in [0.25, 0.3) is 5.56 Å². The van der Waals surface area contributed by atoms with Crippen LogP contribution in [0.3, 0.4) is 0 Å². The first-order chi connectivity index (χ1) is 36.3. The van der Waals surface area contributed by atoms with E-state index in [1.807, 2.05) is 12.2 Å². The number of amides is 2. The van der Waals surface area contributed by atoms with Crippen LogP contribution in [0.2, 0.25) is 0 Å². The van der Waals surface area contributed by atoms with Gasteiger partial charge in [-0.25, -0.2) is 19.4 Å². The molecule has 3 aromatic rings. The molecule has 0 radical (unpaired) electrons. The molecule has 0 bridgehead atoms. The van der Waals surface area contributed by atoms with E-state index in [4.69, 9.17) is 19.2 Å². The Hall–Kier alpha value is -6.12. The molecular weight excluding hydrogens is 1060 g/mol. The number of carbonyl (C=O) groups excluding carboxylic acids is 6. The number of pyridine rings is 2. The van der Waals surface area contributed by atoms with Crippen LogP contribution in [0.1, 0.15) is 68.7 Å². The lowest BCUT2D eigenvalue weighted by Crippen LogP contribution is -2.54. The number of Topliss-reactive ketones (excluding diaryl/α,β-unsaturated/α-hetero) is 2. The number of carboxylic acids is 2. The highest BCUT2D eigenvalue weighted by Gasteiger charge is 2.46. The van der Waals surface area contributed by atoms with Crippen LogP contribution in [0.4, 0.5) is 4.79 Å². The molecule has 77 heavy (non-hydrogen) atoms. The maximum absolute atomic E-state index is 13.7. The number of aliphatic hydroxyl groups excluding tert-OH is 8. The molecule has 27 nitrogen and oxygen atoms in total. The van der Waals surface area contributed by atoms with E-state index >= 15 is 0 Å². The number of esters is 1. The zero-order chi connectivity index (χ0) is 57.2. The predicted molar refractivity (Wildman–Crippen MR) is 267 cm³/mol. The maximum atomic E-state index is 13.7. The molecule has 1 aromatic carbocycles. The predicted octanol–water partition coefficient (Wildman–Crippen LogP) is -2.61. The highest BCUT2D eigenvalue weighted by molar-refractivity contribution is 8.76. The van der Waals surface area contributed by atoms with Gasteiger partial charge in [-0.2, -0.15) is 0 Å². The van der Waals surface area contributed by atoms with Gasteiger partial charge in [0, 0.05) is 40.9 Å². The molecule has 13 N–H and O–H groups in total. The molecule has 2 aromatic heterocycles. The number of ether oxygens (including phenoxy) is 3. The summed E-state index contributed by atoms with van der Waals surface area (Å²) in [6, 6.07) is 2.34. The topological polar surface area (TPSA) is 446 Å². The Morgan fingerprint density at radius 1 is 0.818 bits per heavy atom. The van der Waals surface area contributed by atoms with Crippen molar-refractivity contribution in [2.75, 3.05) is 31.3 Å². The van der Waals surface area contributed by atoms with Gasteiger partial charge in [0.05, 0.1) is 78.7 Å². The maximum Gasteiger partial charge on any atom is 0.513 e. The number of aliphatic hydroxyl groups is 9. The summed E-state index contributed by atoms with van der Waals surface area (Å²) in [6.07, 6.45) is -17.4. The molecule has 422 valence electrons. The first-order valence-electron chi connectivity index (χ1n) is 23.9. The Bertz CT molecular complexity index is 2790. The van der Waals surface area contributed by atoms with Crippen LogP contribution in [-0.2, 0) is 68.2 Å². The summed E-state index contributed by atoms with van der Waals surface area (Å²) in [5.41, 5.74) is 0.836. The monoisotopic (exact) mass is 1120 g/mol. The number of cyclic esters (lactones) is 1. The number of benzene rings is 1. The molecule has 0 spiro atoms. The molecule has 2 aliphatic rings. The van der Waals surface area contributed by atoms with E-state index in [2.05, 4.69) is 5.32 Å². The highest BCUT2D eigenvalue weighted by atomic mass is 33.1. The van der Waals surface area contributed by atoms with Crippen LogP contribution in [0, 0.1) is 11.8 Å². The van der Waals surface area contributed by atoms with E-state index < -0.39 is 157 Å². The van der Waals surface area contributed by atoms with E-state index in [1.165, 1.54) is 10.6 Å². The SMILES string of the molecule is CCc1c2c(nc3ccc(OC(=O)OCCSSC[C@@H](NC(=O)[C@@H](CC(=O)[C@H](CC(=O)O)NC(=O)[C@@H](CC(C)=O)[C@@H](O)[C@H](O)[C@H](O)CO)[C@@H](O)[C@H](O)[C@H](O)CO)C(=O)O)cc13)-c1cc3c(c(=O)n1C2)COC(=O)[C@]3(O)CC. The Kier molecular flexibility index (Phi) is 21.6. The molecule has 2 aliphatic heterocycles. The standard InChI is InChI=1S/C48H60N4O23S2/c1-4-22-23-11-21(6-7-29(23)49-37-26(22)15-52-32(37)13-28-27(44(52)67)18-74-46(70)48(28,72)5-2)75-47(71)73-8-9-76-77-19-31(45(68)69)51-43(66)25(39(62)41(64)35(58)17-54)12-33(56)30(14-36(59)60)50-42(65)24(10-20(3)55)38(61)40(63)34(57)16-53/h6-7,11,13,24-25,30-31,34-35,38-41,53-54,57-58,61-64,72H,4-5,8-10,12,14-19H2,1-3H3,(H,50,65)(H,51,66)(H,59,60)(H,68,69)/t24-,25-,30-,31+,34+,35+,38+,39+,40+,41+,48-/m0/s1. The molecule has 4 heterocycles. The number of fused-ring (bicyclic) bond motifs is 5. The zero-order valence-electron chi connectivity index (χ0n) is 41.6. The van der Waals surface area contributed by atoms with Crippen molar-refractivity contribution < 1.29 is 109 Å². The first-order valence-corrected chi connectivity index (χ1v) is 26.4. The molecule has 11 atom stereocenters. The van der Waals surface area contributed by atoms with Gasteiger partial charge >= 0.3 is 24.1 Å². The van der Waals surface area contributed by atoms with Crippen LogP contribution in [0.5, 0.6) is 5.75 Å². The average molecular weight is 1130 g/mol. The molecule has 2 amide bonds. The van der Waals surface area contributed by atoms with Crippen molar-refractivity contribution in [3.05, 3.63) is 56.9 Å². The Labute approximate surface area is 444 Å². The number of rotatable bonds is 29. The lowest BCUT2D eigenvalue weighted by molar-refractivity contribution is -0.172. The summed E-state index contributed by atoms with van der Waals surface area (Å²) in [7, 11) is 1.84. The van der Waals surface area contributed by atoms with Crippen molar-refractivity contribution in [1.82, 2.24) is 20.2 Å². The second-order valence-corrected chi connectivity index (χ2v) is 20.8. The molecule has 0 aliphatic carbocycles. The number of carbonyl (C=O) groups is 8. The number of hydrogen-bond donors (Lipinski definition) is 13. The number of hydrogen-bond acceptors (Lipinski definition) is 24. The lowest BCUT2D eigenvalue weighted by atomic mass is 9.86. The molecule has 0 saturated carbocycles. The average Bonchev–Trinajstić information content (AvgIpc) is 3.88. The van der Waals surface area contributed by atoms with Gasteiger partial charge in [0.1, 0.15) is 55.2 Å². The van der Waals surface area contributed by atoms with E-state index in [0.717, 1.165) is 39.6 Å². The van der Waals surface area contributed by atoms with Crippen LogP contribution in [0.25, 0.3) is 22.3 Å². The second-order valence-electron chi connectivity index (χ2n) is 18.2. The van der Waals surface area contributed by atoms with Gasteiger partial charge in [-0.3, -0.25) is 24.0 Å². The van der Waals surface area contributed by atoms with Crippen molar-refractivity contribution >= 4 is 79.9 Å². The number of nitrogens with zero attached hydrogens (tertiary/aromatic N) is 2. The van der Waals surface area contributed by atoms with Crippen molar-refractivity contribution in [1.29, 1.82) is 0 Å². The van der Waals surface area contributed by atoms with Gasteiger partial charge in [-0.1, -0.05) is 35.4 Å². The smallest absolute Gasteiger partial charge is 0.481 e. The minimum absolute atomic E-state index is 0.0228. The van der Waals surface area contributed by atoms with E-state index in [9.17, 15) is 99.3 Å². The zero-order valence-corrected chi connectivity index (χ0v) is 43.2. The highest BCUT2D eigenvalue weighted by Crippen LogP contribution is 2.41. The number of carboxylic acid groups (broad SMARTS) is 2. The summed E-state index contributed by atoms with van der Waals surface area (Å²) in [6.45, 7) is 1.79. The molecule has 0 fully saturated rings. The molecule has 0 saturated heterocycles. The minimum Gasteiger partial charge on any atom is -0.481 e. The first kappa shape index (κ1) is 61.7. The summed E-state index contributed by atoms with van der Waals surface area (Å²) in [5, 5.41) is 116. The van der Waals surface area contributed by atoms with Gasteiger partial charge in [0.15, 0.2) is 11.4 Å². The second kappa shape index (κ2) is 27.0.